The summed E-state index contributed by atoms with van der Waals surface area (Å²) in [4.78, 5) is 2.04. The fraction of sp³-hybridized carbons (Fsp3) is 0.333. The lowest BCUT2D eigenvalue weighted by Crippen LogP contribution is -2.26. The second-order valence-electron chi connectivity index (χ2n) is 5.40. The Kier molecular flexibility index (Phi) is 12.1. The molecule has 0 fully saturated rings. The summed E-state index contributed by atoms with van der Waals surface area (Å²) in [7, 11) is 4.01. The number of hydrogen-bond acceptors (Lipinski definition) is 3. The van der Waals surface area contributed by atoms with E-state index in [1.54, 1.807) is 0 Å². The Morgan fingerprint density at radius 1 is 1.04 bits per heavy atom. The molecule has 0 aliphatic heterocycles. The van der Waals surface area contributed by atoms with Crippen LogP contribution in [0.25, 0.3) is 0 Å². The summed E-state index contributed by atoms with van der Waals surface area (Å²) < 4.78 is 5.99. The molecule has 0 saturated carbocycles. The normalized spacial score (nSPS) is 11.5. The molecule has 134 valence electrons. The summed E-state index contributed by atoms with van der Waals surface area (Å²) in [5, 5.41) is 4.12. The van der Waals surface area contributed by atoms with Crippen LogP contribution in [0.3, 0.4) is 0 Å². The second-order valence-corrected chi connectivity index (χ2v) is 5.84. The first-order valence-corrected chi connectivity index (χ1v) is 7.83. The van der Waals surface area contributed by atoms with Gasteiger partial charge in [-0.05, 0) is 37.4 Å². The van der Waals surface area contributed by atoms with Gasteiger partial charge < -0.3 is 10.1 Å². The zero-order valence-electron chi connectivity index (χ0n) is 13.9. The fourth-order valence-corrected chi connectivity index (χ4v) is 2.47. The van der Waals surface area contributed by atoms with E-state index in [0.29, 0.717) is 6.61 Å². The molecule has 0 radical (unpaired) electrons. The fourth-order valence-electron chi connectivity index (χ4n) is 2.27. The third-order valence-electron chi connectivity index (χ3n) is 3.33. The molecule has 1 N–H and O–H groups in total. The van der Waals surface area contributed by atoms with E-state index in [-0.39, 0.29) is 31.0 Å². The zero-order valence-corrected chi connectivity index (χ0v) is 16.3. The van der Waals surface area contributed by atoms with E-state index in [0.717, 1.165) is 23.7 Å². The number of benzene rings is 2. The van der Waals surface area contributed by atoms with Crippen LogP contribution in [0.1, 0.15) is 17.4 Å². The standard InChI is InChI=1S/C18H23ClN2O.2ClH/c1-21(2)18(16-9-6-10-17(19)13-16)22-12-11-20-14-15-7-4-3-5-8-15;;/h3-10,13,18,20H,11-12,14H2,1-2H3;2*1H. The first kappa shape index (κ1) is 23.2. The number of ether oxygens (including phenoxy) is 1. The maximum Gasteiger partial charge on any atom is 0.136 e. The van der Waals surface area contributed by atoms with E-state index in [2.05, 4.69) is 29.6 Å². The summed E-state index contributed by atoms with van der Waals surface area (Å²) in [6.45, 7) is 2.30. The van der Waals surface area contributed by atoms with Crippen molar-refractivity contribution < 1.29 is 4.74 Å². The summed E-state index contributed by atoms with van der Waals surface area (Å²) in [6.07, 6.45) is -0.0859. The molecular formula is C18H25Cl3N2O. The minimum atomic E-state index is -0.0859. The highest BCUT2D eigenvalue weighted by Gasteiger charge is 2.14. The third-order valence-corrected chi connectivity index (χ3v) is 3.56. The topological polar surface area (TPSA) is 24.5 Å². The molecule has 3 nitrogen and oxygen atoms in total. The van der Waals surface area contributed by atoms with E-state index in [4.69, 9.17) is 16.3 Å². The van der Waals surface area contributed by atoms with Crippen LogP contribution in [0.15, 0.2) is 54.6 Å². The summed E-state index contributed by atoms with van der Waals surface area (Å²) in [5.41, 5.74) is 2.35. The summed E-state index contributed by atoms with van der Waals surface area (Å²) in [5.74, 6) is 0. The highest BCUT2D eigenvalue weighted by Crippen LogP contribution is 2.22. The van der Waals surface area contributed by atoms with Crippen molar-refractivity contribution in [3.05, 3.63) is 70.7 Å². The largest absolute Gasteiger partial charge is 0.358 e. The molecule has 0 spiro atoms. The van der Waals surface area contributed by atoms with Crippen molar-refractivity contribution in [1.82, 2.24) is 10.2 Å². The van der Waals surface area contributed by atoms with Gasteiger partial charge in [-0.1, -0.05) is 54.1 Å². The van der Waals surface area contributed by atoms with Crippen molar-refractivity contribution in [2.75, 3.05) is 27.2 Å². The van der Waals surface area contributed by atoms with Gasteiger partial charge in [0.2, 0.25) is 0 Å². The Hall–Kier alpha value is -0.810. The average Bonchev–Trinajstić information content (AvgIpc) is 2.51. The summed E-state index contributed by atoms with van der Waals surface area (Å²) in [6, 6.07) is 18.2. The van der Waals surface area contributed by atoms with Gasteiger partial charge in [-0.2, -0.15) is 0 Å². The lowest BCUT2D eigenvalue weighted by atomic mass is 10.2. The van der Waals surface area contributed by atoms with Crippen molar-refractivity contribution in [3.63, 3.8) is 0 Å². The van der Waals surface area contributed by atoms with Crippen LogP contribution in [0.2, 0.25) is 5.02 Å². The Labute approximate surface area is 162 Å². The molecule has 24 heavy (non-hydrogen) atoms. The van der Waals surface area contributed by atoms with Gasteiger partial charge in [0.15, 0.2) is 0 Å². The van der Waals surface area contributed by atoms with Gasteiger partial charge in [0.25, 0.3) is 0 Å². The molecule has 0 heterocycles. The maximum atomic E-state index is 6.06. The smallest absolute Gasteiger partial charge is 0.136 e. The molecule has 0 saturated heterocycles. The minimum Gasteiger partial charge on any atom is -0.358 e. The lowest BCUT2D eigenvalue weighted by molar-refractivity contribution is -0.0368. The molecule has 0 aliphatic rings. The molecule has 2 aromatic rings. The first-order chi connectivity index (χ1) is 10.7. The van der Waals surface area contributed by atoms with Crippen LogP contribution in [-0.2, 0) is 11.3 Å². The Bertz CT molecular complexity index is 567. The van der Waals surface area contributed by atoms with E-state index < -0.39 is 0 Å². The van der Waals surface area contributed by atoms with Gasteiger partial charge in [0, 0.05) is 18.1 Å². The van der Waals surface area contributed by atoms with Crippen molar-refractivity contribution in [2.24, 2.45) is 0 Å². The van der Waals surface area contributed by atoms with E-state index in [1.807, 2.05) is 49.3 Å². The average molecular weight is 392 g/mol. The Morgan fingerprint density at radius 3 is 2.38 bits per heavy atom. The van der Waals surface area contributed by atoms with Crippen LogP contribution in [0.5, 0.6) is 0 Å². The summed E-state index contributed by atoms with van der Waals surface area (Å²) >= 11 is 6.06. The van der Waals surface area contributed by atoms with Gasteiger partial charge in [0.05, 0.1) is 6.61 Å². The molecular weight excluding hydrogens is 367 g/mol. The first-order valence-electron chi connectivity index (χ1n) is 7.45. The quantitative estimate of drug-likeness (QED) is 0.528. The number of hydrogen-bond donors (Lipinski definition) is 1. The minimum absolute atomic E-state index is 0. The third kappa shape index (κ3) is 7.84. The predicted molar refractivity (Wildman–Crippen MR) is 106 cm³/mol. The molecule has 1 unspecified atom stereocenters. The number of rotatable bonds is 8. The molecule has 0 amide bonds. The van der Waals surface area contributed by atoms with Crippen molar-refractivity contribution >= 4 is 36.4 Å². The van der Waals surface area contributed by atoms with Crippen molar-refractivity contribution in [3.8, 4) is 0 Å². The molecule has 1 atom stereocenters. The highest BCUT2D eigenvalue weighted by atomic mass is 35.5. The SMILES string of the molecule is CN(C)C(OCCNCc1ccccc1)c1cccc(Cl)c1.Cl.Cl. The van der Waals surface area contributed by atoms with Crippen LogP contribution in [-0.4, -0.2) is 32.1 Å². The van der Waals surface area contributed by atoms with Gasteiger partial charge in [-0.15, -0.1) is 24.8 Å². The Balaban J connectivity index is 0.00000264. The number of nitrogens with one attached hydrogen (secondary N) is 1. The Morgan fingerprint density at radius 2 is 1.75 bits per heavy atom. The number of halogens is 3. The monoisotopic (exact) mass is 390 g/mol. The van der Waals surface area contributed by atoms with Gasteiger partial charge in [-0.25, -0.2) is 0 Å². The second kappa shape index (κ2) is 12.5. The molecule has 0 bridgehead atoms. The van der Waals surface area contributed by atoms with Crippen LogP contribution < -0.4 is 5.32 Å². The van der Waals surface area contributed by atoms with Crippen LogP contribution in [0, 0.1) is 0 Å². The van der Waals surface area contributed by atoms with Crippen LogP contribution in [0.4, 0.5) is 0 Å². The van der Waals surface area contributed by atoms with Gasteiger partial charge in [-0.3, -0.25) is 4.90 Å². The van der Waals surface area contributed by atoms with E-state index >= 15 is 0 Å². The van der Waals surface area contributed by atoms with E-state index in [9.17, 15) is 0 Å². The van der Waals surface area contributed by atoms with Crippen LogP contribution >= 0.6 is 36.4 Å². The molecule has 6 heteroatoms. The lowest BCUT2D eigenvalue weighted by Gasteiger charge is -2.25. The predicted octanol–water partition coefficient (Wildman–Crippen LogP) is 4.55. The molecule has 0 aromatic heterocycles. The maximum absolute atomic E-state index is 6.06. The van der Waals surface area contributed by atoms with E-state index in [1.165, 1.54) is 5.56 Å². The van der Waals surface area contributed by atoms with Crippen molar-refractivity contribution in [2.45, 2.75) is 12.8 Å². The van der Waals surface area contributed by atoms with Gasteiger partial charge >= 0.3 is 0 Å². The number of nitrogens with zero attached hydrogens (tertiary/aromatic N) is 1. The zero-order chi connectivity index (χ0) is 15.8. The van der Waals surface area contributed by atoms with Gasteiger partial charge in [0.1, 0.15) is 6.23 Å². The highest BCUT2D eigenvalue weighted by molar-refractivity contribution is 6.30. The molecule has 2 rings (SSSR count). The molecule has 0 aliphatic carbocycles. The van der Waals surface area contributed by atoms with Crippen molar-refractivity contribution in [1.29, 1.82) is 0 Å². The molecule has 2 aromatic carbocycles.